The van der Waals surface area contributed by atoms with E-state index in [9.17, 15) is 5.11 Å². The van der Waals surface area contributed by atoms with E-state index in [2.05, 4.69) is 20.6 Å². The van der Waals surface area contributed by atoms with Gasteiger partial charge in [0, 0.05) is 20.6 Å². The summed E-state index contributed by atoms with van der Waals surface area (Å²) in [6.07, 6.45) is 1.55. The Labute approximate surface area is 171 Å². The largest absolute Gasteiger partial charge is 0.466 e. The summed E-state index contributed by atoms with van der Waals surface area (Å²) >= 11 is 0. The van der Waals surface area contributed by atoms with E-state index in [0.29, 0.717) is 18.3 Å². The Morgan fingerprint density at radius 3 is 2.65 bits per heavy atom. The van der Waals surface area contributed by atoms with Gasteiger partial charge in [-0.15, -0.1) is 24.0 Å². The van der Waals surface area contributed by atoms with Crippen molar-refractivity contribution in [3.8, 4) is 0 Å². The molecule has 0 aliphatic carbocycles. The van der Waals surface area contributed by atoms with Crippen LogP contribution in [0.1, 0.15) is 25.3 Å². The topological polar surface area (TPSA) is 85.9 Å². The molecule has 2 aromatic rings. The first-order valence-electron chi connectivity index (χ1n) is 8.34. The Morgan fingerprint density at radius 2 is 2.04 bits per heavy atom. The van der Waals surface area contributed by atoms with Crippen LogP contribution in [-0.2, 0) is 12.1 Å². The molecule has 2 rings (SSSR count). The third-order valence-corrected chi connectivity index (χ3v) is 3.65. The molecule has 1 unspecified atom stereocenters. The molecule has 3 N–H and O–H groups in total. The van der Waals surface area contributed by atoms with Crippen LogP contribution in [0.15, 0.2) is 46.0 Å². The number of hydrogen-bond acceptors (Lipinski definition) is 5. The van der Waals surface area contributed by atoms with Crippen molar-refractivity contribution in [1.29, 1.82) is 0 Å². The minimum Gasteiger partial charge on any atom is -0.466 e. The van der Waals surface area contributed by atoms with Crippen molar-refractivity contribution in [2.75, 3.05) is 32.1 Å². The molecule has 0 radical (unpaired) electrons. The zero-order valence-electron chi connectivity index (χ0n) is 15.7. The van der Waals surface area contributed by atoms with Crippen LogP contribution in [0.5, 0.6) is 0 Å². The van der Waals surface area contributed by atoms with E-state index in [-0.39, 0.29) is 30.5 Å². The molecular formula is C18H28IN5O2. The van der Waals surface area contributed by atoms with Gasteiger partial charge in [0.25, 0.3) is 0 Å². The summed E-state index contributed by atoms with van der Waals surface area (Å²) < 4.78 is 5.29. The van der Waals surface area contributed by atoms with E-state index in [4.69, 9.17) is 4.42 Å². The maximum atomic E-state index is 10.5. The summed E-state index contributed by atoms with van der Waals surface area (Å²) in [4.78, 5) is 11.0. The highest BCUT2D eigenvalue weighted by atomic mass is 127. The standard InChI is InChI=1S/C18H27N5O2.HI/c1-5-19-17(21-13-18(2,24)15-9-7-11-25-15)20-12-14-8-6-10-16(22-14)23(3)4;/h6-11,24H,5,12-13H2,1-4H3,(H2,19,20,21);1H. The number of anilines is 1. The fourth-order valence-electron chi connectivity index (χ4n) is 2.23. The normalized spacial score (nSPS) is 13.5. The van der Waals surface area contributed by atoms with Crippen molar-refractivity contribution < 1.29 is 9.52 Å². The lowest BCUT2D eigenvalue weighted by Crippen LogP contribution is -2.44. The lowest BCUT2D eigenvalue weighted by Gasteiger charge is -2.22. The average Bonchev–Trinajstić information content (AvgIpc) is 3.13. The van der Waals surface area contributed by atoms with E-state index in [0.717, 1.165) is 18.1 Å². The predicted octanol–water partition coefficient (Wildman–Crippen LogP) is 2.32. The number of furan rings is 1. The van der Waals surface area contributed by atoms with Crippen molar-refractivity contribution in [2.45, 2.75) is 26.0 Å². The van der Waals surface area contributed by atoms with Gasteiger partial charge >= 0.3 is 0 Å². The fourth-order valence-corrected chi connectivity index (χ4v) is 2.23. The molecule has 0 aliphatic rings. The highest BCUT2D eigenvalue weighted by Gasteiger charge is 2.26. The molecule has 1 atom stereocenters. The zero-order chi connectivity index (χ0) is 18.3. The third-order valence-electron chi connectivity index (χ3n) is 3.65. The second kappa shape index (κ2) is 10.4. The molecule has 2 aromatic heterocycles. The molecule has 2 heterocycles. The second-order valence-electron chi connectivity index (χ2n) is 6.18. The van der Waals surface area contributed by atoms with Crippen LogP contribution in [0.2, 0.25) is 0 Å². The first-order valence-corrected chi connectivity index (χ1v) is 8.34. The van der Waals surface area contributed by atoms with Gasteiger partial charge < -0.3 is 25.1 Å². The number of pyridine rings is 1. The number of aliphatic hydroxyl groups is 1. The third kappa shape index (κ3) is 6.49. The lowest BCUT2D eigenvalue weighted by molar-refractivity contribution is 0.0386. The molecule has 0 aliphatic heterocycles. The summed E-state index contributed by atoms with van der Waals surface area (Å²) in [6.45, 7) is 5.13. The quantitative estimate of drug-likeness (QED) is 0.325. The molecule has 0 aromatic carbocycles. The van der Waals surface area contributed by atoms with Crippen molar-refractivity contribution in [3.05, 3.63) is 48.0 Å². The Bertz CT molecular complexity index is 687. The highest BCUT2D eigenvalue weighted by Crippen LogP contribution is 2.19. The van der Waals surface area contributed by atoms with Crippen LogP contribution >= 0.6 is 24.0 Å². The van der Waals surface area contributed by atoms with Crippen molar-refractivity contribution in [1.82, 2.24) is 15.6 Å². The van der Waals surface area contributed by atoms with E-state index in [1.165, 1.54) is 0 Å². The maximum Gasteiger partial charge on any atom is 0.191 e. The minimum absolute atomic E-state index is 0. The lowest BCUT2D eigenvalue weighted by atomic mass is 10.0. The fraction of sp³-hybridized carbons (Fsp3) is 0.444. The Morgan fingerprint density at radius 1 is 1.27 bits per heavy atom. The molecule has 144 valence electrons. The van der Waals surface area contributed by atoms with Gasteiger partial charge in [-0.2, -0.15) is 0 Å². The number of nitrogens with zero attached hydrogens (tertiary/aromatic N) is 3. The SMILES string of the molecule is CCNC(=NCc1cccc(N(C)C)n1)NCC(C)(O)c1ccco1.I. The van der Waals surface area contributed by atoms with Crippen molar-refractivity contribution in [2.24, 2.45) is 4.99 Å². The number of halogens is 1. The molecule has 0 spiro atoms. The molecule has 26 heavy (non-hydrogen) atoms. The molecule has 0 saturated carbocycles. The van der Waals surface area contributed by atoms with E-state index in [1.807, 2.05) is 44.1 Å². The maximum absolute atomic E-state index is 10.5. The molecule has 0 saturated heterocycles. The van der Waals surface area contributed by atoms with Gasteiger partial charge in [0.05, 0.1) is 25.0 Å². The summed E-state index contributed by atoms with van der Waals surface area (Å²) in [6, 6.07) is 9.38. The van der Waals surface area contributed by atoms with Gasteiger partial charge in [-0.05, 0) is 38.1 Å². The number of nitrogens with one attached hydrogen (secondary N) is 2. The molecular weight excluding hydrogens is 445 g/mol. The van der Waals surface area contributed by atoms with Gasteiger partial charge in [0.2, 0.25) is 0 Å². The number of guanidine groups is 1. The van der Waals surface area contributed by atoms with Crippen LogP contribution in [0.4, 0.5) is 5.82 Å². The molecule has 8 heteroatoms. The van der Waals surface area contributed by atoms with Gasteiger partial charge in [-0.3, -0.25) is 0 Å². The minimum atomic E-state index is -1.12. The van der Waals surface area contributed by atoms with Gasteiger partial charge in [0.15, 0.2) is 5.96 Å². The monoisotopic (exact) mass is 473 g/mol. The highest BCUT2D eigenvalue weighted by molar-refractivity contribution is 14.0. The number of aromatic nitrogens is 1. The molecule has 7 nitrogen and oxygen atoms in total. The first kappa shape index (κ1) is 22.2. The van der Waals surface area contributed by atoms with Gasteiger partial charge in [0.1, 0.15) is 17.2 Å². The van der Waals surface area contributed by atoms with Crippen LogP contribution in [-0.4, -0.2) is 43.2 Å². The smallest absolute Gasteiger partial charge is 0.191 e. The number of aliphatic imine (C=N–C) groups is 1. The average molecular weight is 473 g/mol. The predicted molar refractivity (Wildman–Crippen MR) is 115 cm³/mol. The molecule has 0 bridgehead atoms. The van der Waals surface area contributed by atoms with Crippen molar-refractivity contribution in [3.63, 3.8) is 0 Å². The summed E-state index contributed by atoms with van der Waals surface area (Å²) in [5.74, 6) is 2.02. The first-order chi connectivity index (χ1) is 11.9. The zero-order valence-corrected chi connectivity index (χ0v) is 18.0. The summed E-state index contributed by atoms with van der Waals surface area (Å²) in [5.41, 5.74) is -0.246. The van der Waals surface area contributed by atoms with Crippen LogP contribution in [0.3, 0.4) is 0 Å². The van der Waals surface area contributed by atoms with Crippen LogP contribution in [0.25, 0.3) is 0 Å². The van der Waals surface area contributed by atoms with E-state index >= 15 is 0 Å². The van der Waals surface area contributed by atoms with E-state index < -0.39 is 5.60 Å². The molecule has 0 amide bonds. The summed E-state index contributed by atoms with van der Waals surface area (Å²) in [7, 11) is 3.91. The van der Waals surface area contributed by atoms with Gasteiger partial charge in [-0.1, -0.05) is 6.07 Å². The van der Waals surface area contributed by atoms with E-state index in [1.54, 1.807) is 25.3 Å². The van der Waals surface area contributed by atoms with Gasteiger partial charge in [-0.25, -0.2) is 9.98 Å². The summed E-state index contributed by atoms with van der Waals surface area (Å²) in [5, 5.41) is 16.8. The second-order valence-corrected chi connectivity index (χ2v) is 6.18. The van der Waals surface area contributed by atoms with Crippen LogP contribution < -0.4 is 15.5 Å². The number of rotatable bonds is 7. The van der Waals surface area contributed by atoms with Crippen molar-refractivity contribution >= 4 is 35.8 Å². The molecule has 0 fully saturated rings. The Balaban J connectivity index is 0.00000338. The Hall–Kier alpha value is -1.81. The Kier molecular flexibility index (Phi) is 8.86. The van der Waals surface area contributed by atoms with Crippen LogP contribution in [0, 0.1) is 0 Å². The number of hydrogen-bond donors (Lipinski definition) is 3.